The lowest BCUT2D eigenvalue weighted by Gasteiger charge is -2.05. The molecule has 1 N–H and O–H groups in total. The lowest BCUT2D eigenvalue weighted by atomic mass is 10.2. The summed E-state index contributed by atoms with van der Waals surface area (Å²) in [6.45, 7) is 0.225. The third kappa shape index (κ3) is 4.61. The standard InChI is InChI=1S/C18H16N2O2S2/c21-24(22,12-9-15-5-2-1-3-6-15)20-14-16-8-10-19-17(13-16)18-7-4-11-23-18/h1-13,20H,14H2. The van der Waals surface area contributed by atoms with Crippen molar-refractivity contribution in [3.8, 4) is 10.6 Å². The number of nitrogens with zero attached hydrogens (tertiary/aromatic N) is 1. The molecule has 122 valence electrons. The highest BCUT2D eigenvalue weighted by molar-refractivity contribution is 7.92. The van der Waals surface area contributed by atoms with E-state index in [2.05, 4.69) is 9.71 Å². The van der Waals surface area contributed by atoms with E-state index < -0.39 is 10.0 Å². The molecule has 0 atom stereocenters. The highest BCUT2D eigenvalue weighted by atomic mass is 32.2. The highest BCUT2D eigenvalue weighted by Gasteiger charge is 2.07. The molecule has 6 heteroatoms. The summed E-state index contributed by atoms with van der Waals surface area (Å²) in [4.78, 5) is 5.38. The van der Waals surface area contributed by atoms with Gasteiger partial charge in [-0.25, -0.2) is 13.1 Å². The van der Waals surface area contributed by atoms with Gasteiger partial charge in [-0.2, -0.15) is 0 Å². The third-order valence-corrected chi connectivity index (χ3v) is 5.25. The van der Waals surface area contributed by atoms with Crippen LogP contribution in [0.15, 0.2) is 71.6 Å². The van der Waals surface area contributed by atoms with Gasteiger partial charge in [0.2, 0.25) is 10.0 Å². The molecule has 0 aliphatic rings. The number of aromatic nitrogens is 1. The largest absolute Gasteiger partial charge is 0.255 e. The lowest BCUT2D eigenvalue weighted by Crippen LogP contribution is -2.20. The maximum atomic E-state index is 12.1. The summed E-state index contributed by atoms with van der Waals surface area (Å²) in [7, 11) is -3.49. The smallest absolute Gasteiger partial charge is 0.234 e. The van der Waals surface area contributed by atoms with Crippen LogP contribution in [-0.4, -0.2) is 13.4 Å². The van der Waals surface area contributed by atoms with E-state index >= 15 is 0 Å². The van der Waals surface area contributed by atoms with Crippen LogP contribution in [0, 0.1) is 0 Å². The van der Waals surface area contributed by atoms with Crippen molar-refractivity contribution in [2.45, 2.75) is 6.54 Å². The lowest BCUT2D eigenvalue weighted by molar-refractivity contribution is 0.591. The Balaban J connectivity index is 1.67. The minimum absolute atomic E-state index is 0.225. The molecule has 1 aromatic carbocycles. The maximum Gasteiger partial charge on any atom is 0.234 e. The van der Waals surface area contributed by atoms with Crippen LogP contribution >= 0.6 is 11.3 Å². The van der Waals surface area contributed by atoms with Crippen molar-refractivity contribution in [2.24, 2.45) is 0 Å². The van der Waals surface area contributed by atoms with Gasteiger partial charge in [-0.3, -0.25) is 4.98 Å². The molecular weight excluding hydrogens is 340 g/mol. The molecular formula is C18H16N2O2S2. The fourth-order valence-electron chi connectivity index (χ4n) is 2.11. The van der Waals surface area contributed by atoms with Gasteiger partial charge >= 0.3 is 0 Å². The molecule has 0 aliphatic heterocycles. The number of rotatable bonds is 6. The Hall–Kier alpha value is -2.28. The summed E-state index contributed by atoms with van der Waals surface area (Å²) in [6, 6.07) is 17.0. The zero-order chi connectivity index (χ0) is 16.8. The fraction of sp³-hybridized carbons (Fsp3) is 0.0556. The number of thiophene rings is 1. The maximum absolute atomic E-state index is 12.1. The Labute approximate surface area is 145 Å². The van der Waals surface area contributed by atoms with Crippen molar-refractivity contribution >= 4 is 27.4 Å². The van der Waals surface area contributed by atoms with Gasteiger partial charge in [-0.15, -0.1) is 11.3 Å². The van der Waals surface area contributed by atoms with Gasteiger partial charge in [0.25, 0.3) is 0 Å². The zero-order valence-electron chi connectivity index (χ0n) is 12.8. The topological polar surface area (TPSA) is 59.1 Å². The van der Waals surface area contributed by atoms with Crippen LogP contribution in [0.3, 0.4) is 0 Å². The summed E-state index contributed by atoms with van der Waals surface area (Å²) in [5, 5.41) is 3.17. The zero-order valence-corrected chi connectivity index (χ0v) is 14.4. The molecule has 4 nitrogen and oxygen atoms in total. The molecule has 24 heavy (non-hydrogen) atoms. The molecule has 2 heterocycles. The molecule has 0 fully saturated rings. The molecule has 0 unspecified atom stereocenters. The minimum atomic E-state index is -3.49. The van der Waals surface area contributed by atoms with E-state index in [9.17, 15) is 8.42 Å². The van der Waals surface area contributed by atoms with Gasteiger partial charge in [0.1, 0.15) is 0 Å². The van der Waals surface area contributed by atoms with E-state index in [1.165, 1.54) is 5.41 Å². The summed E-state index contributed by atoms with van der Waals surface area (Å²) < 4.78 is 26.7. The Morgan fingerprint density at radius 2 is 1.92 bits per heavy atom. The molecule has 0 radical (unpaired) electrons. The van der Waals surface area contributed by atoms with Gasteiger partial charge in [0.15, 0.2) is 0 Å². The average Bonchev–Trinajstić information content (AvgIpc) is 3.14. The third-order valence-electron chi connectivity index (χ3n) is 3.31. The van der Waals surface area contributed by atoms with Gasteiger partial charge in [0.05, 0.1) is 10.6 Å². The summed E-state index contributed by atoms with van der Waals surface area (Å²) >= 11 is 1.60. The molecule has 0 saturated carbocycles. The minimum Gasteiger partial charge on any atom is -0.255 e. The molecule has 3 rings (SSSR count). The first-order chi connectivity index (χ1) is 11.6. The first-order valence-electron chi connectivity index (χ1n) is 7.34. The highest BCUT2D eigenvalue weighted by Crippen LogP contribution is 2.23. The normalized spacial score (nSPS) is 11.8. The first kappa shape index (κ1) is 16.6. The van der Waals surface area contributed by atoms with E-state index in [0.717, 1.165) is 21.7 Å². The molecule has 0 amide bonds. The second kappa shape index (κ2) is 7.53. The molecule has 0 bridgehead atoms. The predicted molar refractivity (Wildman–Crippen MR) is 98.8 cm³/mol. The Kier molecular flexibility index (Phi) is 5.20. The summed E-state index contributed by atoms with van der Waals surface area (Å²) in [5.74, 6) is 0. The predicted octanol–water partition coefficient (Wildman–Crippen LogP) is 3.90. The van der Waals surface area contributed by atoms with Gasteiger partial charge in [-0.05, 0) is 40.8 Å². The SMILES string of the molecule is O=S(=O)(C=Cc1ccccc1)NCc1ccnc(-c2cccs2)c1. The van der Waals surface area contributed by atoms with E-state index in [-0.39, 0.29) is 6.54 Å². The Morgan fingerprint density at radius 1 is 1.08 bits per heavy atom. The van der Waals surface area contributed by atoms with Crippen molar-refractivity contribution in [1.82, 2.24) is 9.71 Å². The summed E-state index contributed by atoms with van der Waals surface area (Å²) in [6.07, 6.45) is 3.27. The van der Waals surface area contributed by atoms with Crippen LogP contribution in [0.5, 0.6) is 0 Å². The van der Waals surface area contributed by atoms with Crippen LogP contribution in [0.1, 0.15) is 11.1 Å². The second-order valence-electron chi connectivity index (χ2n) is 5.11. The number of pyridine rings is 1. The van der Waals surface area contributed by atoms with Crippen LogP contribution in [0.2, 0.25) is 0 Å². The van der Waals surface area contributed by atoms with E-state index in [1.54, 1.807) is 29.7 Å². The van der Waals surface area contributed by atoms with Gasteiger partial charge in [-0.1, -0.05) is 36.4 Å². The Bertz CT molecular complexity index is 919. The Morgan fingerprint density at radius 3 is 2.67 bits per heavy atom. The van der Waals surface area contributed by atoms with Crippen molar-refractivity contribution in [2.75, 3.05) is 0 Å². The van der Waals surface area contributed by atoms with Crippen LogP contribution in [-0.2, 0) is 16.6 Å². The monoisotopic (exact) mass is 356 g/mol. The van der Waals surface area contributed by atoms with Gasteiger partial charge < -0.3 is 0 Å². The van der Waals surface area contributed by atoms with Crippen molar-refractivity contribution in [3.05, 3.63) is 82.7 Å². The van der Waals surface area contributed by atoms with Crippen molar-refractivity contribution in [1.29, 1.82) is 0 Å². The number of benzene rings is 1. The molecule has 2 aromatic heterocycles. The van der Waals surface area contributed by atoms with Crippen LogP contribution in [0.4, 0.5) is 0 Å². The van der Waals surface area contributed by atoms with E-state index in [0.29, 0.717) is 0 Å². The van der Waals surface area contributed by atoms with Crippen molar-refractivity contribution < 1.29 is 8.42 Å². The average molecular weight is 356 g/mol. The quantitative estimate of drug-likeness (QED) is 0.729. The van der Waals surface area contributed by atoms with Crippen molar-refractivity contribution in [3.63, 3.8) is 0 Å². The fourth-order valence-corrected chi connectivity index (χ4v) is 3.60. The van der Waals surface area contributed by atoms with Crippen LogP contribution < -0.4 is 4.72 Å². The number of sulfonamides is 1. The number of nitrogens with one attached hydrogen (secondary N) is 1. The molecule has 3 aromatic rings. The molecule has 0 spiro atoms. The first-order valence-corrected chi connectivity index (χ1v) is 9.77. The molecule has 0 saturated heterocycles. The number of hydrogen-bond donors (Lipinski definition) is 1. The van der Waals surface area contributed by atoms with Crippen LogP contribution in [0.25, 0.3) is 16.6 Å². The number of hydrogen-bond acceptors (Lipinski definition) is 4. The van der Waals surface area contributed by atoms with E-state index in [1.807, 2.05) is 53.9 Å². The van der Waals surface area contributed by atoms with Gasteiger partial charge in [0, 0.05) is 18.1 Å². The second-order valence-corrected chi connectivity index (χ2v) is 7.70. The van der Waals surface area contributed by atoms with E-state index in [4.69, 9.17) is 0 Å². The summed E-state index contributed by atoms with van der Waals surface area (Å²) in [5.41, 5.74) is 2.55. The molecule has 0 aliphatic carbocycles.